The molecule has 0 bridgehead atoms. The Bertz CT molecular complexity index is 1390. The van der Waals surface area contributed by atoms with Gasteiger partial charge in [-0.25, -0.2) is 5.01 Å². The maximum atomic E-state index is 11.7. The summed E-state index contributed by atoms with van der Waals surface area (Å²) in [6.07, 6.45) is 0. The lowest BCUT2D eigenvalue weighted by Gasteiger charge is -2.19. The van der Waals surface area contributed by atoms with Gasteiger partial charge in [0.1, 0.15) is 11.5 Å². The smallest absolute Gasteiger partial charge is 0.252 e. The van der Waals surface area contributed by atoms with Crippen LogP contribution >= 0.6 is 0 Å². The summed E-state index contributed by atoms with van der Waals surface area (Å²) in [5, 5.41) is 15.9. The van der Waals surface area contributed by atoms with E-state index in [0.717, 1.165) is 39.6 Å². The van der Waals surface area contributed by atoms with Crippen LogP contribution in [0.3, 0.4) is 0 Å². The molecule has 0 spiro atoms. The van der Waals surface area contributed by atoms with Crippen LogP contribution in [0, 0.1) is 13.8 Å². The molecular formula is C27H26N6O. The predicted molar refractivity (Wildman–Crippen MR) is 135 cm³/mol. The van der Waals surface area contributed by atoms with E-state index in [1.807, 2.05) is 48.3 Å². The number of nitrogens with zero attached hydrogens (tertiary/aromatic N) is 6. The van der Waals surface area contributed by atoms with Gasteiger partial charge >= 0.3 is 0 Å². The van der Waals surface area contributed by atoms with Gasteiger partial charge in [0.05, 0.1) is 12.2 Å². The molecule has 0 atom stereocenters. The van der Waals surface area contributed by atoms with Crippen LogP contribution in [-0.2, 0) is 11.3 Å². The number of para-hydroxylation sites is 1. The highest BCUT2D eigenvalue weighted by atomic mass is 16.2. The molecule has 5 rings (SSSR count). The number of amides is 1. The predicted octanol–water partition coefficient (Wildman–Crippen LogP) is 4.64. The first-order valence-corrected chi connectivity index (χ1v) is 11.2. The number of aryl methyl sites for hydroxylation is 2. The minimum absolute atomic E-state index is 0.00560. The van der Waals surface area contributed by atoms with E-state index in [2.05, 4.69) is 58.1 Å². The zero-order valence-electron chi connectivity index (χ0n) is 19.7. The molecule has 7 heteroatoms. The second kappa shape index (κ2) is 8.59. The van der Waals surface area contributed by atoms with Gasteiger partial charge in [-0.2, -0.15) is 5.10 Å². The van der Waals surface area contributed by atoms with Gasteiger partial charge in [-0.3, -0.25) is 9.36 Å². The van der Waals surface area contributed by atoms with Crippen LogP contribution < -0.4 is 9.91 Å². The zero-order valence-corrected chi connectivity index (χ0v) is 19.7. The standard InChI is InChI=1S/C27H26N6O/c1-18-9-13-22(14-10-18)26-24-7-5-6-8-25(24)33-19(2)28-29-27(33)32(30-26)17-21-11-15-23(16-12-21)31(4)20(3)34/h5-16H,17H2,1-4H3. The molecule has 3 aromatic carbocycles. The molecule has 1 amide bonds. The van der Waals surface area contributed by atoms with E-state index < -0.39 is 0 Å². The van der Waals surface area contributed by atoms with Gasteiger partial charge in [0.15, 0.2) is 0 Å². The van der Waals surface area contributed by atoms with Gasteiger partial charge in [0.25, 0.3) is 5.95 Å². The Hall–Kier alpha value is -4.26. The van der Waals surface area contributed by atoms with Gasteiger partial charge in [-0.1, -0.05) is 60.2 Å². The SMILES string of the molecule is CC(=O)N(C)c1ccc(CN2N=C(c3ccc(C)cc3)c3ccccc3-n3c(C)nnc32)cc1. The number of fused-ring (bicyclic) bond motifs is 3. The molecule has 0 radical (unpaired) electrons. The van der Waals surface area contributed by atoms with Crippen molar-refractivity contribution in [2.75, 3.05) is 17.0 Å². The fourth-order valence-corrected chi connectivity index (χ4v) is 4.10. The summed E-state index contributed by atoms with van der Waals surface area (Å²) in [5.74, 6) is 1.46. The highest BCUT2D eigenvalue weighted by Crippen LogP contribution is 2.30. The Kier molecular flexibility index (Phi) is 5.45. The summed E-state index contributed by atoms with van der Waals surface area (Å²) in [6.45, 7) is 6.09. The number of anilines is 2. The third-order valence-corrected chi connectivity index (χ3v) is 6.11. The highest BCUT2D eigenvalue weighted by molar-refractivity contribution is 6.15. The maximum absolute atomic E-state index is 11.7. The molecule has 1 aliphatic heterocycles. The number of benzene rings is 3. The van der Waals surface area contributed by atoms with Gasteiger partial charge in [0, 0.05) is 30.8 Å². The molecule has 1 aliphatic rings. The van der Waals surface area contributed by atoms with E-state index in [1.165, 1.54) is 5.56 Å². The van der Waals surface area contributed by atoms with Crippen LogP contribution in [0.2, 0.25) is 0 Å². The summed E-state index contributed by atoms with van der Waals surface area (Å²) in [5.41, 5.74) is 7.04. The molecule has 0 aliphatic carbocycles. The monoisotopic (exact) mass is 450 g/mol. The van der Waals surface area contributed by atoms with Gasteiger partial charge in [-0.15, -0.1) is 10.2 Å². The number of carbonyl (C=O) groups is 1. The van der Waals surface area contributed by atoms with Crippen LogP contribution in [0.15, 0.2) is 77.9 Å². The third kappa shape index (κ3) is 3.85. The summed E-state index contributed by atoms with van der Waals surface area (Å²) in [4.78, 5) is 13.3. The Balaban J connectivity index is 1.61. The first-order chi connectivity index (χ1) is 16.4. The Morgan fingerprint density at radius 3 is 2.32 bits per heavy atom. The number of carbonyl (C=O) groups excluding carboxylic acids is 1. The fourth-order valence-electron chi connectivity index (χ4n) is 4.10. The molecule has 0 N–H and O–H groups in total. The van der Waals surface area contributed by atoms with Gasteiger partial charge in [-0.05, 0) is 37.6 Å². The zero-order chi connectivity index (χ0) is 23.8. The molecule has 34 heavy (non-hydrogen) atoms. The normalized spacial score (nSPS) is 12.5. The van der Waals surface area contributed by atoms with Crippen LogP contribution in [0.4, 0.5) is 11.6 Å². The molecule has 1 aromatic heterocycles. The van der Waals surface area contributed by atoms with Crippen LogP contribution in [0.5, 0.6) is 0 Å². The van der Waals surface area contributed by atoms with Gasteiger partial charge < -0.3 is 4.90 Å². The Labute approximate surface area is 199 Å². The Morgan fingerprint density at radius 1 is 0.912 bits per heavy atom. The molecule has 7 nitrogen and oxygen atoms in total. The van der Waals surface area contributed by atoms with E-state index in [4.69, 9.17) is 5.10 Å². The van der Waals surface area contributed by atoms with E-state index in [-0.39, 0.29) is 5.91 Å². The molecule has 0 fully saturated rings. The summed E-state index contributed by atoms with van der Waals surface area (Å²) in [7, 11) is 1.77. The minimum Gasteiger partial charge on any atom is -0.316 e. The lowest BCUT2D eigenvalue weighted by atomic mass is 9.99. The number of aromatic nitrogens is 3. The molecule has 4 aromatic rings. The van der Waals surface area contributed by atoms with Crippen molar-refractivity contribution in [1.29, 1.82) is 0 Å². The number of rotatable bonds is 4. The summed E-state index contributed by atoms with van der Waals surface area (Å²) < 4.78 is 2.05. The van der Waals surface area contributed by atoms with Crippen molar-refractivity contribution in [3.05, 3.63) is 101 Å². The molecule has 0 saturated heterocycles. The largest absolute Gasteiger partial charge is 0.316 e. The minimum atomic E-state index is -0.00560. The van der Waals surface area contributed by atoms with Crippen molar-refractivity contribution < 1.29 is 4.79 Å². The van der Waals surface area contributed by atoms with Gasteiger partial charge in [0.2, 0.25) is 5.91 Å². The molecular weight excluding hydrogens is 424 g/mol. The topological polar surface area (TPSA) is 66.6 Å². The lowest BCUT2D eigenvalue weighted by Crippen LogP contribution is -2.23. The van der Waals surface area contributed by atoms with E-state index in [1.54, 1.807) is 18.9 Å². The van der Waals surface area contributed by atoms with Crippen molar-refractivity contribution in [2.24, 2.45) is 5.10 Å². The van der Waals surface area contributed by atoms with Crippen molar-refractivity contribution in [3.8, 4) is 5.69 Å². The van der Waals surface area contributed by atoms with Crippen LogP contribution in [0.1, 0.15) is 35.0 Å². The second-order valence-corrected chi connectivity index (χ2v) is 8.52. The fraction of sp³-hybridized carbons (Fsp3) is 0.185. The number of hydrogen-bond acceptors (Lipinski definition) is 5. The van der Waals surface area contributed by atoms with Crippen molar-refractivity contribution in [2.45, 2.75) is 27.3 Å². The second-order valence-electron chi connectivity index (χ2n) is 8.52. The first kappa shape index (κ1) is 21.6. The van der Waals surface area contributed by atoms with Crippen LogP contribution in [-0.4, -0.2) is 33.4 Å². The average molecular weight is 451 g/mol. The lowest BCUT2D eigenvalue weighted by molar-refractivity contribution is -0.116. The summed E-state index contributed by atoms with van der Waals surface area (Å²) >= 11 is 0. The molecule has 170 valence electrons. The molecule has 0 saturated carbocycles. The Morgan fingerprint density at radius 2 is 1.62 bits per heavy atom. The average Bonchev–Trinajstić information content (AvgIpc) is 3.17. The van der Waals surface area contributed by atoms with Crippen molar-refractivity contribution in [3.63, 3.8) is 0 Å². The van der Waals surface area contributed by atoms with Crippen molar-refractivity contribution >= 4 is 23.3 Å². The van der Waals surface area contributed by atoms with Crippen molar-refractivity contribution in [1.82, 2.24) is 14.8 Å². The maximum Gasteiger partial charge on any atom is 0.252 e. The van der Waals surface area contributed by atoms with E-state index in [9.17, 15) is 4.79 Å². The van der Waals surface area contributed by atoms with E-state index in [0.29, 0.717) is 12.5 Å². The number of hydrogen-bond donors (Lipinski definition) is 0. The highest BCUT2D eigenvalue weighted by Gasteiger charge is 2.26. The van der Waals surface area contributed by atoms with Crippen LogP contribution in [0.25, 0.3) is 5.69 Å². The van der Waals surface area contributed by atoms with E-state index >= 15 is 0 Å². The number of hydrazone groups is 1. The quantitative estimate of drug-likeness (QED) is 0.454. The first-order valence-electron chi connectivity index (χ1n) is 11.2. The summed E-state index contributed by atoms with van der Waals surface area (Å²) in [6, 6.07) is 24.6. The third-order valence-electron chi connectivity index (χ3n) is 6.11. The molecule has 0 unspecified atom stereocenters. The molecule has 2 heterocycles.